The molecule has 0 radical (unpaired) electrons. The highest BCUT2D eigenvalue weighted by Gasteiger charge is 2.37. The van der Waals surface area contributed by atoms with Crippen molar-refractivity contribution in [3.8, 4) is 0 Å². The molecule has 174 valence electrons. The van der Waals surface area contributed by atoms with E-state index in [0.29, 0.717) is 37.1 Å². The number of amides is 2. The smallest absolute Gasteiger partial charge is 0.378 e. The number of aryl methyl sites for hydroxylation is 1. The Labute approximate surface area is 181 Å². The second-order valence-electron chi connectivity index (χ2n) is 6.71. The number of halogens is 6. The number of rotatable bonds is 3. The normalized spacial score (nSPS) is 14.9. The van der Waals surface area contributed by atoms with E-state index in [1.165, 1.54) is 0 Å². The third kappa shape index (κ3) is 5.48. The summed E-state index contributed by atoms with van der Waals surface area (Å²) < 4.78 is 82.9. The molecule has 2 N–H and O–H groups in total. The molecular weight excluding hydrogens is 466 g/mol. The number of hydrogen-bond acceptors (Lipinski definition) is 6. The highest BCUT2D eigenvalue weighted by atomic mass is 32.1. The molecule has 0 atom stereocenters. The first kappa shape index (κ1) is 23.8. The molecular formula is C18H16F6N4O3S. The quantitative estimate of drug-likeness (QED) is 0.518. The molecule has 14 heteroatoms. The summed E-state index contributed by atoms with van der Waals surface area (Å²) in [5, 5.41) is 0.551. The largest absolute Gasteiger partial charge is 0.416 e. The number of morpholine rings is 1. The van der Waals surface area contributed by atoms with Crippen molar-refractivity contribution in [2.24, 2.45) is 0 Å². The zero-order chi connectivity index (χ0) is 23.7. The summed E-state index contributed by atoms with van der Waals surface area (Å²) in [6.07, 6.45) is -10.2. The minimum Gasteiger partial charge on any atom is -0.378 e. The summed E-state index contributed by atoms with van der Waals surface area (Å²) in [7, 11) is 0. The average molecular weight is 482 g/mol. The maximum Gasteiger partial charge on any atom is 0.416 e. The van der Waals surface area contributed by atoms with Gasteiger partial charge in [0.1, 0.15) is 4.88 Å². The molecule has 0 aliphatic carbocycles. The lowest BCUT2D eigenvalue weighted by atomic mass is 10.0. The Morgan fingerprint density at radius 3 is 2.03 bits per heavy atom. The molecule has 3 rings (SSSR count). The Balaban J connectivity index is 1.74. The number of nitrogens with one attached hydrogen (secondary N) is 2. The number of anilines is 1. The minimum atomic E-state index is -5.10. The van der Waals surface area contributed by atoms with Crippen molar-refractivity contribution in [3.63, 3.8) is 0 Å². The number of ether oxygens (including phenoxy) is 1. The van der Waals surface area contributed by atoms with E-state index >= 15 is 0 Å². The number of nitrogens with zero attached hydrogens (tertiary/aromatic N) is 2. The summed E-state index contributed by atoms with van der Waals surface area (Å²) in [5.74, 6) is -2.15. The van der Waals surface area contributed by atoms with E-state index in [-0.39, 0.29) is 23.1 Å². The van der Waals surface area contributed by atoms with Gasteiger partial charge in [-0.3, -0.25) is 20.4 Å². The molecule has 2 amide bonds. The van der Waals surface area contributed by atoms with Gasteiger partial charge in [0.15, 0.2) is 5.13 Å². The van der Waals surface area contributed by atoms with Crippen molar-refractivity contribution in [1.29, 1.82) is 0 Å². The van der Waals surface area contributed by atoms with E-state index in [0.717, 1.165) is 11.3 Å². The van der Waals surface area contributed by atoms with Crippen LogP contribution in [0.2, 0.25) is 0 Å². The zero-order valence-electron chi connectivity index (χ0n) is 16.4. The fourth-order valence-electron chi connectivity index (χ4n) is 2.81. The van der Waals surface area contributed by atoms with Crippen LogP contribution >= 0.6 is 11.3 Å². The van der Waals surface area contributed by atoms with Gasteiger partial charge in [-0.2, -0.15) is 26.3 Å². The molecule has 1 aromatic carbocycles. The molecule has 1 aliphatic heterocycles. The molecule has 1 fully saturated rings. The molecule has 0 bridgehead atoms. The molecule has 1 aromatic heterocycles. The van der Waals surface area contributed by atoms with Crippen LogP contribution in [0.3, 0.4) is 0 Å². The van der Waals surface area contributed by atoms with Crippen LogP contribution in [0, 0.1) is 6.92 Å². The van der Waals surface area contributed by atoms with Gasteiger partial charge in [-0.1, -0.05) is 11.3 Å². The van der Waals surface area contributed by atoms with Crippen molar-refractivity contribution >= 4 is 28.3 Å². The lowest BCUT2D eigenvalue weighted by Gasteiger charge is -2.25. The number of thiazole rings is 1. The SMILES string of the molecule is Cc1nc(N2CCOCC2)sc1C(=O)NNC(=O)c1cc(C(F)(F)F)cc(C(F)(F)F)c1. The Morgan fingerprint density at radius 2 is 1.50 bits per heavy atom. The zero-order valence-corrected chi connectivity index (χ0v) is 17.2. The number of aromatic nitrogens is 1. The molecule has 2 aromatic rings. The van der Waals surface area contributed by atoms with Crippen LogP contribution in [0.1, 0.15) is 36.9 Å². The molecule has 2 heterocycles. The van der Waals surface area contributed by atoms with Crippen LogP contribution < -0.4 is 15.8 Å². The number of benzene rings is 1. The van der Waals surface area contributed by atoms with Crippen molar-refractivity contribution in [2.75, 3.05) is 31.2 Å². The Bertz CT molecular complexity index is 983. The Kier molecular flexibility index (Phi) is 6.64. The van der Waals surface area contributed by atoms with E-state index in [4.69, 9.17) is 4.74 Å². The second-order valence-corrected chi connectivity index (χ2v) is 7.69. The first-order valence-corrected chi connectivity index (χ1v) is 9.88. The lowest BCUT2D eigenvalue weighted by molar-refractivity contribution is -0.143. The average Bonchev–Trinajstić information content (AvgIpc) is 3.12. The lowest BCUT2D eigenvalue weighted by Crippen LogP contribution is -2.41. The van der Waals surface area contributed by atoms with E-state index in [1.807, 2.05) is 15.8 Å². The molecule has 0 spiro atoms. The van der Waals surface area contributed by atoms with Gasteiger partial charge in [0, 0.05) is 18.7 Å². The van der Waals surface area contributed by atoms with E-state index < -0.39 is 40.9 Å². The fraction of sp³-hybridized carbons (Fsp3) is 0.389. The predicted molar refractivity (Wildman–Crippen MR) is 101 cm³/mol. The van der Waals surface area contributed by atoms with Crippen molar-refractivity contribution in [1.82, 2.24) is 15.8 Å². The van der Waals surface area contributed by atoms with E-state index in [1.54, 1.807) is 6.92 Å². The summed E-state index contributed by atoms with van der Waals surface area (Å²) >= 11 is 1.03. The first-order valence-electron chi connectivity index (χ1n) is 9.06. The first-order chi connectivity index (χ1) is 14.9. The molecule has 1 aliphatic rings. The van der Waals surface area contributed by atoms with E-state index in [9.17, 15) is 35.9 Å². The van der Waals surface area contributed by atoms with Gasteiger partial charge >= 0.3 is 12.4 Å². The Morgan fingerprint density at radius 1 is 0.969 bits per heavy atom. The second kappa shape index (κ2) is 8.94. The van der Waals surface area contributed by atoms with Gasteiger partial charge < -0.3 is 9.64 Å². The molecule has 0 unspecified atom stereocenters. The van der Waals surface area contributed by atoms with Gasteiger partial charge in [-0.15, -0.1) is 0 Å². The summed E-state index contributed by atoms with van der Waals surface area (Å²) in [5.41, 5.74) is -0.00885. The minimum absolute atomic E-state index is 0.0940. The monoisotopic (exact) mass is 482 g/mol. The topological polar surface area (TPSA) is 83.6 Å². The van der Waals surface area contributed by atoms with Crippen molar-refractivity contribution in [3.05, 3.63) is 45.5 Å². The molecule has 7 nitrogen and oxygen atoms in total. The van der Waals surface area contributed by atoms with Gasteiger partial charge in [0.05, 0.1) is 30.0 Å². The summed E-state index contributed by atoms with van der Waals surface area (Å²) in [6, 6.07) is 0.444. The number of carbonyl (C=O) groups is 2. The number of hydrazine groups is 1. The van der Waals surface area contributed by atoms with Crippen LogP contribution in [0.4, 0.5) is 31.5 Å². The van der Waals surface area contributed by atoms with Gasteiger partial charge in [-0.05, 0) is 25.1 Å². The third-order valence-electron chi connectivity index (χ3n) is 4.41. The van der Waals surface area contributed by atoms with Crippen LogP contribution in [-0.4, -0.2) is 43.1 Å². The number of alkyl halides is 6. The maximum atomic E-state index is 12.9. The van der Waals surface area contributed by atoms with Crippen LogP contribution in [0.5, 0.6) is 0 Å². The highest BCUT2D eigenvalue weighted by Crippen LogP contribution is 2.36. The van der Waals surface area contributed by atoms with Gasteiger partial charge in [0.2, 0.25) is 0 Å². The number of carbonyl (C=O) groups excluding carboxylic acids is 2. The summed E-state index contributed by atoms with van der Waals surface area (Å²) in [4.78, 5) is 30.9. The highest BCUT2D eigenvalue weighted by molar-refractivity contribution is 7.17. The maximum absolute atomic E-state index is 12.9. The molecule has 1 saturated heterocycles. The summed E-state index contributed by atoms with van der Waals surface area (Å²) in [6.45, 7) is 3.68. The van der Waals surface area contributed by atoms with Crippen LogP contribution in [0.15, 0.2) is 18.2 Å². The van der Waals surface area contributed by atoms with Crippen LogP contribution in [-0.2, 0) is 17.1 Å². The van der Waals surface area contributed by atoms with Crippen molar-refractivity contribution < 1.29 is 40.7 Å². The standard InChI is InChI=1S/C18H16F6N4O3S/c1-9-13(32-16(25-9)28-2-4-31-5-3-28)15(30)27-26-14(29)10-6-11(17(19,20)21)8-12(7-10)18(22,23)24/h6-8H,2-5H2,1H3,(H,26,29)(H,27,30). The third-order valence-corrected chi connectivity index (χ3v) is 5.63. The fourth-order valence-corrected chi connectivity index (χ4v) is 3.83. The van der Waals surface area contributed by atoms with Crippen LogP contribution in [0.25, 0.3) is 0 Å². The van der Waals surface area contributed by atoms with E-state index in [2.05, 4.69) is 4.98 Å². The van der Waals surface area contributed by atoms with Gasteiger partial charge in [0.25, 0.3) is 11.8 Å². The predicted octanol–water partition coefficient (Wildman–Crippen LogP) is 3.40. The van der Waals surface area contributed by atoms with Crippen molar-refractivity contribution in [2.45, 2.75) is 19.3 Å². The number of hydrogen-bond donors (Lipinski definition) is 2. The van der Waals surface area contributed by atoms with Gasteiger partial charge in [-0.25, -0.2) is 4.98 Å². The Hall–Kier alpha value is -2.87. The molecule has 32 heavy (non-hydrogen) atoms. The molecule has 0 saturated carbocycles.